The number of benzene rings is 2. The van der Waals surface area contributed by atoms with Crippen LogP contribution in [-0.2, 0) is 11.3 Å². The van der Waals surface area contributed by atoms with Crippen molar-refractivity contribution in [3.8, 4) is 5.75 Å². The van der Waals surface area contributed by atoms with Gasteiger partial charge in [-0.05, 0) is 56.4 Å². The number of rotatable bonds is 8. The molecule has 3 aliphatic rings. The number of carbonyl (C=O) groups is 2. The van der Waals surface area contributed by atoms with Crippen LogP contribution in [0.3, 0.4) is 0 Å². The van der Waals surface area contributed by atoms with Crippen LogP contribution in [0.15, 0.2) is 54.7 Å². The molecule has 3 aromatic rings. The Morgan fingerprint density at radius 2 is 1.77 bits per heavy atom. The van der Waals surface area contributed by atoms with E-state index in [4.69, 9.17) is 9.72 Å². The van der Waals surface area contributed by atoms with Crippen molar-refractivity contribution >= 4 is 35.0 Å². The van der Waals surface area contributed by atoms with Crippen molar-refractivity contribution in [2.45, 2.75) is 76.5 Å². The Morgan fingerprint density at radius 1 is 1.02 bits per heavy atom. The largest absolute Gasteiger partial charge is 0.495 e. The standard InChI is InChI=1S/C34H43N7O3/c1-23-33(43)39(2)29-21-35-34(38-31(29)41(23)27-12-8-5-9-13-27)37-28-15-14-25(20-30(28)44-3)32(42)36-26-16-18-40(19-17-26)22-24-10-6-4-7-11-24/h4,6-7,10-11,14-15,20-21,23,26-27H,5,8-9,12-13,16-19,22H2,1-3H3,(H,36,42)(H,35,37,38)/t23-/m1/s1. The highest BCUT2D eigenvalue weighted by Crippen LogP contribution is 2.39. The summed E-state index contributed by atoms with van der Waals surface area (Å²) in [6, 6.07) is 16.0. The van der Waals surface area contributed by atoms with Crippen molar-refractivity contribution in [3.05, 3.63) is 65.9 Å². The molecule has 10 heteroatoms. The summed E-state index contributed by atoms with van der Waals surface area (Å²) in [6.07, 6.45) is 9.21. The first-order valence-corrected chi connectivity index (χ1v) is 15.9. The van der Waals surface area contributed by atoms with Crippen molar-refractivity contribution in [3.63, 3.8) is 0 Å². The zero-order chi connectivity index (χ0) is 30.6. The van der Waals surface area contributed by atoms with Gasteiger partial charge in [0.1, 0.15) is 17.5 Å². The van der Waals surface area contributed by atoms with Crippen LogP contribution in [0, 0.1) is 0 Å². The average Bonchev–Trinajstić information content (AvgIpc) is 3.06. The molecule has 10 nitrogen and oxygen atoms in total. The molecule has 0 spiro atoms. The Bertz CT molecular complexity index is 1470. The van der Waals surface area contributed by atoms with E-state index >= 15 is 0 Å². The number of hydrogen-bond acceptors (Lipinski definition) is 8. The van der Waals surface area contributed by atoms with Crippen molar-refractivity contribution in [1.29, 1.82) is 0 Å². The average molecular weight is 598 g/mol. The number of hydrogen-bond donors (Lipinski definition) is 2. The molecule has 0 bridgehead atoms. The van der Waals surface area contributed by atoms with Gasteiger partial charge in [-0.1, -0.05) is 49.6 Å². The fraction of sp³-hybridized carbons (Fsp3) is 0.471. The molecule has 3 heterocycles. The molecule has 0 radical (unpaired) electrons. The zero-order valence-electron chi connectivity index (χ0n) is 26.0. The van der Waals surface area contributed by atoms with E-state index in [1.807, 2.05) is 19.1 Å². The highest BCUT2D eigenvalue weighted by Gasteiger charge is 2.39. The number of nitrogens with one attached hydrogen (secondary N) is 2. The van der Waals surface area contributed by atoms with E-state index in [1.54, 1.807) is 37.4 Å². The molecule has 2 fully saturated rings. The number of amides is 2. The number of likely N-dealkylation sites (tertiary alicyclic amines) is 1. The van der Waals surface area contributed by atoms with Gasteiger partial charge in [0.05, 0.1) is 19.0 Å². The number of aromatic nitrogens is 2. The third-order valence-corrected chi connectivity index (χ3v) is 9.31. The summed E-state index contributed by atoms with van der Waals surface area (Å²) in [5.41, 5.74) is 3.24. The molecule has 2 N–H and O–H groups in total. The van der Waals surface area contributed by atoms with E-state index in [9.17, 15) is 9.59 Å². The number of piperidine rings is 1. The van der Waals surface area contributed by atoms with Crippen molar-refractivity contribution in [2.75, 3.05) is 42.4 Å². The Morgan fingerprint density at radius 3 is 2.50 bits per heavy atom. The van der Waals surface area contributed by atoms with Crippen LogP contribution in [0.4, 0.5) is 23.1 Å². The maximum Gasteiger partial charge on any atom is 0.251 e. The highest BCUT2D eigenvalue weighted by atomic mass is 16.5. The topological polar surface area (TPSA) is 103 Å². The second-order valence-corrected chi connectivity index (χ2v) is 12.2. The second kappa shape index (κ2) is 13.2. The summed E-state index contributed by atoms with van der Waals surface area (Å²) in [7, 11) is 3.37. The van der Waals surface area contributed by atoms with Crippen LogP contribution in [0.1, 0.15) is 67.8 Å². The lowest BCUT2D eigenvalue weighted by Gasteiger charge is -2.44. The predicted molar refractivity (Wildman–Crippen MR) is 173 cm³/mol. The maximum atomic E-state index is 13.2. The number of anilines is 4. The lowest BCUT2D eigenvalue weighted by molar-refractivity contribution is -0.119. The van der Waals surface area contributed by atoms with E-state index in [1.165, 1.54) is 12.0 Å². The minimum Gasteiger partial charge on any atom is -0.495 e. The van der Waals surface area contributed by atoms with Crippen LogP contribution in [0.25, 0.3) is 0 Å². The lowest BCUT2D eigenvalue weighted by Crippen LogP contribution is -2.55. The molecule has 1 atom stereocenters. The van der Waals surface area contributed by atoms with Gasteiger partial charge in [0.15, 0.2) is 5.82 Å². The molecule has 2 aliphatic heterocycles. The number of carbonyl (C=O) groups excluding carboxylic acids is 2. The molecule has 232 valence electrons. The van der Waals surface area contributed by atoms with Crippen LogP contribution < -0.4 is 25.2 Å². The summed E-state index contributed by atoms with van der Waals surface area (Å²) in [6.45, 7) is 4.81. The van der Waals surface area contributed by atoms with Crippen molar-refractivity contribution in [1.82, 2.24) is 20.2 Å². The molecule has 1 saturated carbocycles. The molecule has 2 amide bonds. The minimum absolute atomic E-state index is 0.0562. The van der Waals surface area contributed by atoms with Gasteiger partial charge >= 0.3 is 0 Å². The SMILES string of the molecule is COc1cc(C(=O)NC2CCN(Cc3ccccc3)CC2)ccc1Nc1ncc2c(n1)N(C1CCCCC1)[C@H](C)C(=O)N2C. The van der Waals surface area contributed by atoms with Gasteiger partial charge in [0, 0.05) is 44.3 Å². The number of nitrogens with zero attached hydrogens (tertiary/aromatic N) is 5. The summed E-state index contributed by atoms with van der Waals surface area (Å²) in [5, 5.41) is 6.51. The molecule has 0 unspecified atom stereocenters. The first-order chi connectivity index (χ1) is 21.4. The zero-order valence-corrected chi connectivity index (χ0v) is 26.0. The van der Waals surface area contributed by atoms with Gasteiger partial charge < -0.3 is 25.2 Å². The molecule has 1 aromatic heterocycles. The lowest BCUT2D eigenvalue weighted by atomic mass is 9.92. The van der Waals surface area contributed by atoms with E-state index in [0.717, 1.165) is 64.0 Å². The first kappa shape index (κ1) is 29.9. The quantitative estimate of drug-likeness (QED) is 0.369. The van der Waals surface area contributed by atoms with Crippen LogP contribution in [0.5, 0.6) is 5.75 Å². The van der Waals surface area contributed by atoms with E-state index in [0.29, 0.717) is 28.6 Å². The van der Waals surface area contributed by atoms with Crippen LogP contribution >= 0.6 is 0 Å². The van der Waals surface area contributed by atoms with Crippen LogP contribution in [0.2, 0.25) is 0 Å². The van der Waals surface area contributed by atoms with Gasteiger partial charge in [0.25, 0.3) is 5.91 Å². The molecule has 1 saturated heterocycles. The summed E-state index contributed by atoms with van der Waals surface area (Å²) < 4.78 is 5.68. The van der Waals surface area contributed by atoms with Gasteiger partial charge in [0.2, 0.25) is 11.9 Å². The third kappa shape index (κ3) is 6.36. The van der Waals surface area contributed by atoms with E-state index in [-0.39, 0.29) is 29.9 Å². The molecule has 44 heavy (non-hydrogen) atoms. The van der Waals surface area contributed by atoms with Gasteiger partial charge in [-0.2, -0.15) is 4.98 Å². The monoisotopic (exact) mass is 597 g/mol. The van der Waals surface area contributed by atoms with Crippen molar-refractivity contribution < 1.29 is 14.3 Å². The Balaban J connectivity index is 1.12. The highest BCUT2D eigenvalue weighted by molar-refractivity contribution is 6.04. The predicted octanol–water partition coefficient (Wildman–Crippen LogP) is 5.13. The fourth-order valence-electron chi connectivity index (χ4n) is 6.80. The number of methoxy groups -OCH3 is 1. The molecule has 1 aliphatic carbocycles. The molecule has 2 aromatic carbocycles. The fourth-order valence-corrected chi connectivity index (χ4v) is 6.80. The molecular weight excluding hydrogens is 554 g/mol. The second-order valence-electron chi connectivity index (χ2n) is 12.2. The number of likely N-dealkylation sites (N-methyl/N-ethyl adjacent to an activating group) is 1. The number of fused-ring (bicyclic) bond motifs is 1. The van der Waals surface area contributed by atoms with Gasteiger partial charge in [-0.3, -0.25) is 14.5 Å². The molecule has 6 rings (SSSR count). The third-order valence-electron chi connectivity index (χ3n) is 9.31. The van der Waals surface area contributed by atoms with E-state index < -0.39 is 0 Å². The minimum atomic E-state index is -0.290. The summed E-state index contributed by atoms with van der Waals surface area (Å²) in [4.78, 5) is 42.0. The molecular formula is C34H43N7O3. The van der Waals surface area contributed by atoms with Gasteiger partial charge in [-0.25, -0.2) is 4.98 Å². The summed E-state index contributed by atoms with van der Waals surface area (Å²) in [5.74, 6) is 1.67. The van der Waals surface area contributed by atoms with E-state index in [2.05, 4.69) is 49.7 Å². The normalized spacial score (nSPS) is 19.9. The van der Waals surface area contributed by atoms with Gasteiger partial charge in [-0.15, -0.1) is 0 Å². The Kier molecular flexibility index (Phi) is 8.97. The van der Waals surface area contributed by atoms with Crippen molar-refractivity contribution in [2.24, 2.45) is 0 Å². The number of ether oxygens (including phenoxy) is 1. The smallest absolute Gasteiger partial charge is 0.251 e. The maximum absolute atomic E-state index is 13.2. The summed E-state index contributed by atoms with van der Waals surface area (Å²) >= 11 is 0. The Hall–Kier alpha value is -4.18. The Labute approximate surface area is 259 Å². The van der Waals surface area contributed by atoms with Crippen LogP contribution in [-0.4, -0.2) is 72.1 Å². The first-order valence-electron chi connectivity index (χ1n) is 15.9.